The molecule has 0 saturated heterocycles. The van der Waals surface area contributed by atoms with Gasteiger partial charge in [0, 0.05) is 6.07 Å². The highest BCUT2D eigenvalue weighted by atomic mass is 16.6. The number of carboxylic acids is 1. The normalized spacial score (nSPS) is 11.7. The lowest BCUT2D eigenvalue weighted by molar-refractivity contribution is -0.385. The molecule has 1 aromatic rings. The molecule has 20 heavy (non-hydrogen) atoms. The van der Waals surface area contributed by atoms with E-state index in [4.69, 9.17) is 5.11 Å². The molecule has 0 bridgehead atoms. The van der Waals surface area contributed by atoms with E-state index in [1.165, 1.54) is 18.2 Å². The number of rotatable bonds is 6. The molecule has 0 aliphatic carbocycles. The first-order valence-corrected chi connectivity index (χ1v) is 6.15. The minimum atomic E-state index is -1.16. The maximum atomic E-state index is 12.0. The third-order valence-electron chi connectivity index (χ3n) is 2.77. The number of hydrogen-bond donors (Lipinski definition) is 2. The van der Waals surface area contributed by atoms with Crippen molar-refractivity contribution in [1.29, 1.82) is 0 Å². The highest BCUT2D eigenvalue weighted by Gasteiger charge is 2.25. The Hall–Kier alpha value is -2.44. The van der Waals surface area contributed by atoms with E-state index in [1.54, 1.807) is 13.8 Å². The maximum Gasteiger partial charge on any atom is 0.326 e. The smallest absolute Gasteiger partial charge is 0.326 e. The van der Waals surface area contributed by atoms with E-state index < -0.39 is 22.8 Å². The molecule has 1 aromatic carbocycles. The van der Waals surface area contributed by atoms with Crippen molar-refractivity contribution in [3.63, 3.8) is 0 Å². The van der Waals surface area contributed by atoms with Crippen molar-refractivity contribution in [2.24, 2.45) is 0 Å². The molecule has 1 amide bonds. The number of hydrogen-bond acceptors (Lipinski definition) is 4. The molecule has 0 fully saturated rings. The summed E-state index contributed by atoms with van der Waals surface area (Å²) in [4.78, 5) is 33.3. The zero-order valence-electron chi connectivity index (χ0n) is 11.3. The summed E-state index contributed by atoms with van der Waals surface area (Å²) < 4.78 is 0. The van der Waals surface area contributed by atoms with Gasteiger partial charge in [0.15, 0.2) is 0 Å². The Kier molecular flexibility index (Phi) is 5.19. The van der Waals surface area contributed by atoms with Gasteiger partial charge >= 0.3 is 5.97 Å². The van der Waals surface area contributed by atoms with Crippen LogP contribution in [0.25, 0.3) is 0 Å². The van der Waals surface area contributed by atoms with Gasteiger partial charge in [0.2, 0.25) is 0 Å². The maximum absolute atomic E-state index is 12.0. The van der Waals surface area contributed by atoms with Gasteiger partial charge in [0.1, 0.15) is 11.6 Å². The molecule has 0 aliphatic heterocycles. The fraction of sp³-hybridized carbons (Fsp3) is 0.385. The average molecular weight is 280 g/mol. The molecule has 0 heterocycles. The molecule has 0 aliphatic rings. The van der Waals surface area contributed by atoms with Gasteiger partial charge in [-0.1, -0.05) is 19.4 Å². The topological polar surface area (TPSA) is 110 Å². The van der Waals surface area contributed by atoms with Gasteiger partial charge < -0.3 is 10.4 Å². The van der Waals surface area contributed by atoms with E-state index in [-0.39, 0.29) is 17.7 Å². The number of aliphatic carboxylic acids is 1. The Labute approximate surface area is 115 Å². The van der Waals surface area contributed by atoms with Crippen LogP contribution in [0.5, 0.6) is 0 Å². The van der Waals surface area contributed by atoms with Crippen LogP contribution in [0, 0.1) is 17.0 Å². The fourth-order valence-corrected chi connectivity index (χ4v) is 1.77. The standard InChI is InChI=1S/C13H16N2O5/c1-3-4-10(13(17)18)14-12(16)9-7-8(2)5-6-11(9)15(19)20/h5-7,10H,3-4H2,1-2H3,(H,14,16)(H,17,18)/t10-/m0/s1. The van der Waals surface area contributed by atoms with E-state index in [9.17, 15) is 19.7 Å². The van der Waals surface area contributed by atoms with Crippen LogP contribution in [0.3, 0.4) is 0 Å². The predicted octanol–water partition coefficient (Wildman–Crippen LogP) is 1.89. The van der Waals surface area contributed by atoms with Crippen LogP contribution in [0.1, 0.15) is 35.7 Å². The van der Waals surface area contributed by atoms with Gasteiger partial charge in [0.25, 0.3) is 11.6 Å². The first kappa shape index (κ1) is 15.6. The minimum absolute atomic E-state index is 0.127. The molecule has 0 radical (unpaired) electrons. The lowest BCUT2D eigenvalue weighted by Gasteiger charge is -2.13. The van der Waals surface area contributed by atoms with E-state index in [1.807, 2.05) is 0 Å². The zero-order valence-corrected chi connectivity index (χ0v) is 11.3. The number of carboxylic acid groups (broad SMARTS) is 1. The van der Waals surface area contributed by atoms with E-state index in [2.05, 4.69) is 5.32 Å². The Morgan fingerprint density at radius 3 is 2.60 bits per heavy atom. The number of nitrogens with one attached hydrogen (secondary N) is 1. The first-order chi connectivity index (χ1) is 9.36. The van der Waals surface area contributed by atoms with Crippen molar-refractivity contribution < 1.29 is 19.6 Å². The van der Waals surface area contributed by atoms with Crippen LogP contribution in [0.2, 0.25) is 0 Å². The lowest BCUT2D eigenvalue weighted by Crippen LogP contribution is -2.40. The van der Waals surface area contributed by atoms with Gasteiger partial charge in [-0.15, -0.1) is 0 Å². The van der Waals surface area contributed by atoms with E-state index in [0.29, 0.717) is 12.0 Å². The molecule has 0 unspecified atom stereocenters. The molecule has 1 atom stereocenters. The summed E-state index contributed by atoms with van der Waals surface area (Å²) in [5.41, 5.74) is 0.217. The molecular formula is C13H16N2O5. The highest BCUT2D eigenvalue weighted by Crippen LogP contribution is 2.20. The van der Waals surface area contributed by atoms with Crippen molar-refractivity contribution in [2.45, 2.75) is 32.7 Å². The fourth-order valence-electron chi connectivity index (χ4n) is 1.77. The quantitative estimate of drug-likeness (QED) is 0.610. The monoisotopic (exact) mass is 280 g/mol. The van der Waals surface area contributed by atoms with Crippen LogP contribution in [0.15, 0.2) is 18.2 Å². The van der Waals surface area contributed by atoms with E-state index in [0.717, 1.165) is 0 Å². The van der Waals surface area contributed by atoms with Crippen LogP contribution in [-0.2, 0) is 4.79 Å². The second-order valence-corrected chi connectivity index (χ2v) is 4.43. The Morgan fingerprint density at radius 2 is 2.10 bits per heavy atom. The number of nitrogens with zero attached hydrogens (tertiary/aromatic N) is 1. The molecule has 7 heteroatoms. The van der Waals surface area contributed by atoms with Crippen LogP contribution in [-0.4, -0.2) is 27.9 Å². The zero-order chi connectivity index (χ0) is 15.3. The molecular weight excluding hydrogens is 264 g/mol. The molecule has 0 spiro atoms. The van der Waals surface area contributed by atoms with Gasteiger partial charge in [-0.25, -0.2) is 4.79 Å². The molecule has 1 rings (SSSR count). The number of nitro groups is 1. The van der Waals surface area contributed by atoms with Crippen molar-refractivity contribution in [1.82, 2.24) is 5.32 Å². The Bertz CT molecular complexity index is 542. The third-order valence-corrected chi connectivity index (χ3v) is 2.77. The van der Waals surface area contributed by atoms with Gasteiger partial charge in [0.05, 0.1) is 4.92 Å². The van der Waals surface area contributed by atoms with Gasteiger partial charge in [-0.2, -0.15) is 0 Å². The SMILES string of the molecule is CCC[C@H](NC(=O)c1cc(C)ccc1[N+](=O)[O-])C(=O)O. The summed E-state index contributed by atoms with van der Waals surface area (Å²) in [6.45, 7) is 3.48. The first-order valence-electron chi connectivity index (χ1n) is 6.15. The molecule has 7 nitrogen and oxygen atoms in total. The summed E-state index contributed by atoms with van der Waals surface area (Å²) >= 11 is 0. The third kappa shape index (κ3) is 3.78. The summed E-state index contributed by atoms with van der Waals surface area (Å²) in [6, 6.07) is 3.08. The molecule has 0 saturated carbocycles. The highest BCUT2D eigenvalue weighted by molar-refractivity contribution is 6.00. The van der Waals surface area contributed by atoms with Crippen molar-refractivity contribution in [3.8, 4) is 0 Å². The van der Waals surface area contributed by atoms with Crippen molar-refractivity contribution >= 4 is 17.6 Å². The van der Waals surface area contributed by atoms with Crippen LogP contribution in [0.4, 0.5) is 5.69 Å². The summed E-state index contributed by atoms with van der Waals surface area (Å²) in [6.07, 6.45) is 0.841. The van der Waals surface area contributed by atoms with Crippen LogP contribution < -0.4 is 5.32 Å². The lowest BCUT2D eigenvalue weighted by atomic mass is 10.1. The second-order valence-electron chi connectivity index (χ2n) is 4.43. The van der Waals surface area contributed by atoms with E-state index >= 15 is 0 Å². The average Bonchev–Trinajstić information content (AvgIpc) is 2.37. The van der Waals surface area contributed by atoms with Gasteiger partial charge in [-0.3, -0.25) is 14.9 Å². The largest absolute Gasteiger partial charge is 0.480 e. The molecule has 2 N–H and O–H groups in total. The number of benzene rings is 1. The molecule has 108 valence electrons. The number of aryl methyl sites for hydroxylation is 1. The Morgan fingerprint density at radius 1 is 1.45 bits per heavy atom. The number of nitro benzene ring substituents is 1. The number of carbonyl (C=O) groups excluding carboxylic acids is 1. The van der Waals surface area contributed by atoms with Crippen molar-refractivity contribution in [3.05, 3.63) is 39.4 Å². The molecule has 0 aromatic heterocycles. The number of amides is 1. The minimum Gasteiger partial charge on any atom is -0.480 e. The van der Waals surface area contributed by atoms with Crippen molar-refractivity contribution in [2.75, 3.05) is 0 Å². The van der Waals surface area contributed by atoms with Crippen LogP contribution >= 0.6 is 0 Å². The number of carbonyl (C=O) groups is 2. The predicted molar refractivity (Wildman–Crippen MR) is 71.6 cm³/mol. The summed E-state index contributed by atoms with van der Waals surface area (Å²) in [5.74, 6) is -1.91. The van der Waals surface area contributed by atoms with Gasteiger partial charge in [-0.05, 0) is 25.0 Å². The summed E-state index contributed by atoms with van der Waals surface area (Å²) in [5, 5.41) is 22.2. The Balaban J connectivity index is 3.05. The second kappa shape index (κ2) is 6.65. The summed E-state index contributed by atoms with van der Waals surface area (Å²) in [7, 11) is 0.